The summed E-state index contributed by atoms with van der Waals surface area (Å²) in [5.41, 5.74) is 0. The molecule has 2 nitrogen and oxygen atoms in total. The largest absolute Gasteiger partial charge is 0.494 e. The molecular formula is C38H58O2. The molecule has 0 unspecified atom stereocenters. The molecule has 0 aromatic heterocycles. The Labute approximate surface area is 246 Å². The number of ether oxygens (including phenoxy) is 2. The van der Waals surface area contributed by atoms with Crippen molar-refractivity contribution in [2.75, 3.05) is 13.2 Å². The molecule has 0 amide bonds. The van der Waals surface area contributed by atoms with Gasteiger partial charge < -0.3 is 9.47 Å². The Balaban J connectivity index is 1.32. The number of unbranched alkanes of at least 4 members (excludes halogenated alkanes) is 18. The Morgan fingerprint density at radius 2 is 0.675 bits per heavy atom. The molecule has 3 rings (SSSR count). The maximum Gasteiger partial charge on any atom is 0.119 e. The van der Waals surface area contributed by atoms with Gasteiger partial charge in [-0.2, -0.15) is 0 Å². The molecule has 0 fully saturated rings. The first-order chi connectivity index (χ1) is 19.8. The Bertz CT molecular complexity index is 970. The molecule has 0 spiro atoms. The lowest BCUT2D eigenvalue weighted by molar-refractivity contribution is 0.304. The Morgan fingerprint density at radius 3 is 1.02 bits per heavy atom. The fourth-order valence-corrected chi connectivity index (χ4v) is 5.69. The zero-order valence-electron chi connectivity index (χ0n) is 26.0. The number of hydrogen-bond acceptors (Lipinski definition) is 2. The van der Waals surface area contributed by atoms with E-state index in [4.69, 9.17) is 9.47 Å². The summed E-state index contributed by atoms with van der Waals surface area (Å²) in [6.07, 6.45) is 27.0. The number of hydrogen-bond donors (Lipinski definition) is 0. The zero-order valence-corrected chi connectivity index (χ0v) is 26.0. The van der Waals surface area contributed by atoms with Crippen LogP contribution in [0.25, 0.3) is 21.5 Å². The van der Waals surface area contributed by atoms with Gasteiger partial charge in [-0.3, -0.25) is 0 Å². The lowest BCUT2D eigenvalue weighted by atomic mass is 10.0. The van der Waals surface area contributed by atoms with Crippen molar-refractivity contribution in [1.82, 2.24) is 0 Å². The second-order valence-corrected chi connectivity index (χ2v) is 11.9. The first-order valence-corrected chi connectivity index (χ1v) is 17.0. The van der Waals surface area contributed by atoms with Gasteiger partial charge >= 0.3 is 0 Å². The first kappa shape index (κ1) is 32.3. The van der Waals surface area contributed by atoms with Crippen LogP contribution in [0, 0.1) is 0 Å². The SMILES string of the molecule is CCCCCCCCCCCCOc1ccc2cc3cc(OCCCCCCCCCCCC)ccc3cc2c1. The molecule has 0 bridgehead atoms. The second-order valence-electron chi connectivity index (χ2n) is 11.9. The monoisotopic (exact) mass is 546 g/mol. The van der Waals surface area contributed by atoms with E-state index in [0.29, 0.717) is 0 Å². The van der Waals surface area contributed by atoms with Gasteiger partial charge in [-0.25, -0.2) is 0 Å². The Morgan fingerprint density at radius 1 is 0.350 bits per heavy atom. The van der Waals surface area contributed by atoms with Gasteiger partial charge in [-0.05, 0) is 70.8 Å². The van der Waals surface area contributed by atoms with Gasteiger partial charge in [0.2, 0.25) is 0 Å². The molecule has 0 aliphatic rings. The van der Waals surface area contributed by atoms with E-state index < -0.39 is 0 Å². The van der Waals surface area contributed by atoms with E-state index in [0.717, 1.165) is 37.6 Å². The molecule has 0 heterocycles. The van der Waals surface area contributed by atoms with Crippen molar-refractivity contribution in [2.24, 2.45) is 0 Å². The Kier molecular flexibility index (Phi) is 16.7. The zero-order chi connectivity index (χ0) is 28.1. The van der Waals surface area contributed by atoms with E-state index in [-0.39, 0.29) is 0 Å². The summed E-state index contributed by atoms with van der Waals surface area (Å²) >= 11 is 0. The lowest BCUT2D eigenvalue weighted by Gasteiger charge is -2.10. The molecule has 0 saturated heterocycles. The second kappa shape index (κ2) is 20.6. The standard InChI is InChI=1S/C38H58O2/c1-3-5-7-9-11-13-15-17-19-21-27-39-37-25-23-33-30-36-32-38(26-24-34(36)29-35(33)31-37)40-28-22-20-18-16-14-12-10-8-6-4-2/h23-26,29-32H,3-22,27-28H2,1-2H3. The van der Waals surface area contributed by atoms with E-state index >= 15 is 0 Å². The molecule has 0 aliphatic heterocycles. The highest BCUT2D eigenvalue weighted by atomic mass is 16.5. The summed E-state index contributed by atoms with van der Waals surface area (Å²) in [7, 11) is 0. The van der Waals surface area contributed by atoms with E-state index in [1.54, 1.807) is 0 Å². The van der Waals surface area contributed by atoms with E-state index in [9.17, 15) is 0 Å². The fraction of sp³-hybridized carbons (Fsp3) is 0.632. The fourth-order valence-electron chi connectivity index (χ4n) is 5.69. The highest BCUT2D eigenvalue weighted by molar-refractivity contribution is 5.99. The minimum absolute atomic E-state index is 0.815. The predicted octanol–water partition coefficient (Wildman–Crippen LogP) is 12.6. The lowest BCUT2D eigenvalue weighted by Crippen LogP contribution is -1.97. The third kappa shape index (κ3) is 13.0. The van der Waals surface area contributed by atoms with Gasteiger partial charge in [0.15, 0.2) is 0 Å². The van der Waals surface area contributed by atoms with Gasteiger partial charge in [-0.15, -0.1) is 0 Å². The van der Waals surface area contributed by atoms with Crippen molar-refractivity contribution in [3.05, 3.63) is 48.5 Å². The van der Waals surface area contributed by atoms with Gasteiger partial charge in [0, 0.05) is 0 Å². The molecule has 0 radical (unpaired) electrons. The van der Waals surface area contributed by atoms with Crippen LogP contribution in [0.4, 0.5) is 0 Å². The molecule has 222 valence electrons. The minimum Gasteiger partial charge on any atom is -0.494 e. The third-order valence-corrected chi connectivity index (χ3v) is 8.27. The van der Waals surface area contributed by atoms with Gasteiger partial charge in [0.05, 0.1) is 13.2 Å². The Hall–Kier alpha value is -2.22. The van der Waals surface area contributed by atoms with Crippen LogP contribution in [0.15, 0.2) is 48.5 Å². The number of fused-ring (bicyclic) bond motifs is 2. The third-order valence-electron chi connectivity index (χ3n) is 8.27. The maximum absolute atomic E-state index is 6.10. The van der Waals surface area contributed by atoms with Crippen molar-refractivity contribution in [3.8, 4) is 11.5 Å². The van der Waals surface area contributed by atoms with Crippen LogP contribution < -0.4 is 9.47 Å². The van der Waals surface area contributed by atoms with E-state index in [2.05, 4.69) is 62.4 Å². The predicted molar refractivity (Wildman–Crippen MR) is 176 cm³/mol. The molecular weight excluding hydrogens is 488 g/mol. The van der Waals surface area contributed by atoms with Crippen molar-refractivity contribution in [2.45, 2.75) is 142 Å². The van der Waals surface area contributed by atoms with Crippen LogP contribution in [0.2, 0.25) is 0 Å². The average Bonchev–Trinajstić information content (AvgIpc) is 2.97. The number of benzene rings is 3. The van der Waals surface area contributed by atoms with E-state index in [1.165, 1.54) is 137 Å². The summed E-state index contributed by atoms with van der Waals surface area (Å²) < 4.78 is 12.2. The maximum atomic E-state index is 6.10. The van der Waals surface area contributed by atoms with Gasteiger partial charge in [0.1, 0.15) is 11.5 Å². The van der Waals surface area contributed by atoms with Crippen molar-refractivity contribution in [1.29, 1.82) is 0 Å². The summed E-state index contributed by atoms with van der Waals surface area (Å²) in [4.78, 5) is 0. The van der Waals surface area contributed by atoms with Crippen LogP contribution in [0.1, 0.15) is 142 Å². The van der Waals surface area contributed by atoms with Crippen molar-refractivity contribution < 1.29 is 9.47 Å². The molecule has 3 aromatic carbocycles. The molecule has 0 N–H and O–H groups in total. The van der Waals surface area contributed by atoms with Crippen LogP contribution in [0.5, 0.6) is 11.5 Å². The molecule has 0 saturated carbocycles. The highest BCUT2D eigenvalue weighted by Crippen LogP contribution is 2.29. The first-order valence-electron chi connectivity index (χ1n) is 17.0. The summed E-state index contributed by atoms with van der Waals surface area (Å²) in [5, 5.41) is 5.00. The topological polar surface area (TPSA) is 18.5 Å². The molecule has 3 aromatic rings. The van der Waals surface area contributed by atoms with Crippen LogP contribution in [0.3, 0.4) is 0 Å². The van der Waals surface area contributed by atoms with Crippen LogP contribution in [-0.4, -0.2) is 13.2 Å². The molecule has 0 atom stereocenters. The van der Waals surface area contributed by atoms with Crippen LogP contribution >= 0.6 is 0 Å². The molecule has 40 heavy (non-hydrogen) atoms. The smallest absolute Gasteiger partial charge is 0.119 e. The summed E-state index contributed by atoms with van der Waals surface area (Å²) in [6.45, 7) is 6.20. The number of rotatable bonds is 24. The van der Waals surface area contributed by atoms with Crippen molar-refractivity contribution >= 4 is 21.5 Å². The normalized spacial score (nSPS) is 11.4. The average molecular weight is 547 g/mol. The van der Waals surface area contributed by atoms with Gasteiger partial charge in [-0.1, -0.05) is 142 Å². The molecule has 2 heteroatoms. The summed E-state index contributed by atoms with van der Waals surface area (Å²) in [6, 6.07) is 17.6. The summed E-state index contributed by atoms with van der Waals surface area (Å²) in [5.74, 6) is 1.97. The van der Waals surface area contributed by atoms with E-state index in [1.807, 2.05) is 0 Å². The quantitative estimate of drug-likeness (QED) is 0.0821. The highest BCUT2D eigenvalue weighted by Gasteiger charge is 2.04. The van der Waals surface area contributed by atoms with Crippen molar-refractivity contribution in [3.63, 3.8) is 0 Å². The van der Waals surface area contributed by atoms with Crippen LogP contribution in [-0.2, 0) is 0 Å². The van der Waals surface area contributed by atoms with Gasteiger partial charge in [0.25, 0.3) is 0 Å². The molecule has 0 aliphatic carbocycles. The minimum atomic E-state index is 0.815.